The first kappa shape index (κ1) is 15.2. The van der Waals surface area contributed by atoms with Gasteiger partial charge in [0.25, 0.3) is 0 Å². The van der Waals surface area contributed by atoms with Gasteiger partial charge in [0.05, 0.1) is 12.0 Å². The normalized spacial score (nSPS) is 22.2. The highest BCUT2D eigenvalue weighted by Crippen LogP contribution is 2.33. The van der Waals surface area contributed by atoms with Gasteiger partial charge in [-0.1, -0.05) is 6.07 Å². The minimum atomic E-state index is -0.908. The largest absolute Gasteiger partial charge is 0.490 e. The van der Waals surface area contributed by atoms with Gasteiger partial charge < -0.3 is 9.84 Å². The maximum Gasteiger partial charge on any atom is 0.323 e. The second kappa shape index (κ2) is 5.69. The van der Waals surface area contributed by atoms with Crippen molar-refractivity contribution < 1.29 is 19.6 Å². The quantitative estimate of drug-likeness (QED) is 0.660. The standard InChI is InChI=1S/C14H18N2O5/c1-14(13(17)18)6-3-7-15(14)9-10-4-5-12(21-2)11(8-10)16(19)20/h4-5,8H,3,6-7,9H2,1-2H3,(H,17,18). The highest BCUT2D eigenvalue weighted by Gasteiger charge is 2.43. The van der Waals surface area contributed by atoms with Gasteiger partial charge in [-0.05, 0) is 37.9 Å². The third-order valence-corrected chi connectivity index (χ3v) is 4.06. The number of methoxy groups -OCH3 is 1. The molecule has 7 nitrogen and oxygen atoms in total. The molecule has 0 saturated carbocycles. The molecule has 0 aromatic heterocycles. The number of nitro groups is 1. The van der Waals surface area contributed by atoms with Crippen LogP contribution in [0.15, 0.2) is 18.2 Å². The van der Waals surface area contributed by atoms with E-state index in [-0.39, 0.29) is 11.4 Å². The molecule has 1 saturated heterocycles. The summed E-state index contributed by atoms with van der Waals surface area (Å²) in [7, 11) is 1.38. The molecule has 114 valence electrons. The fraction of sp³-hybridized carbons (Fsp3) is 0.500. The number of likely N-dealkylation sites (tertiary alicyclic amines) is 1. The lowest BCUT2D eigenvalue weighted by molar-refractivity contribution is -0.385. The van der Waals surface area contributed by atoms with E-state index in [1.165, 1.54) is 13.2 Å². The Balaban J connectivity index is 2.26. The lowest BCUT2D eigenvalue weighted by Crippen LogP contribution is -2.47. The first-order valence-electron chi connectivity index (χ1n) is 6.68. The van der Waals surface area contributed by atoms with Crippen LogP contribution in [-0.4, -0.2) is 40.1 Å². The molecule has 0 radical (unpaired) electrons. The number of ether oxygens (including phenoxy) is 1. The molecule has 1 unspecified atom stereocenters. The fourth-order valence-corrected chi connectivity index (χ4v) is 2.71. The Morgan fingerprint density at radius 3 is 2.86 bits per heavy atom. The summed E-state index contributed by atoms with van der Waals surface area (Å²) < 4.78 is 4.96. The topological polar surface area (TPSA) is 92.9 Å². The minimum Gasteiger partial charge on any atom is -0.490 e. The Morgan fingerprint density at radius 1 is 1.57 bits per heavy atom. The molecule has 2 rings (SSSR count). The Hall–Kier alpha value is -2.15. The van der Waals surface area contributed by atoms with Gasteiger partial charge in [-0.15, -0.1) is 0 Å². The van der Waals surface area contributed by atoms with Crippen LogP contribution in [0.2, 0.25) is 0 Å². The highest BCUT2D eigenvalue weighted by molar-refractivity contribution is 5.78. The maximum absolute atomic E-state index is 11.4. The average molecular weight is 294 g/mol. The zero-order chi connectivity index (χ0) is 15.6. The van der Waals surface area contributed by atoms with Crippen molar-refractivity contribution in [1.29, 1.82) is 0 Å². The second-order valence-corrected chi connectivity index (χ2v) is 5.37. The third kappa shape index (κ3) is 2.82. The van der Waals surface area contributed by atoms with Crippen molar-refractivity contribution >= 4 is 11.7 Å². The van der Waals surface area contributed by atoms with Gasteiger partial charge in [0.1, 0.15) is 5.54 Å². The van der Waals surface area contributed by atoms with Crippen molar-refractivity contribution in [3.8, 4) is 5.75 Å². The number of hydrogen-bond donors (Lipinski definition) is 1. The number of carbonyl (C=O) groups is 1. The molecule has 0 spiro atoms. The summed E-state index contributed by atoms with van der Waals surface area (Å²) in [5.41, 5.74) is -0.308. The number of nitrogens with zero attached hydrogens (tertiary/aromatic N) is 2. The van der Waals surface area contributed by atoms with Crippen LogP contribution in [0.3, 0.4) is 0 Å². The molecule has 1 fully saturated rings. The van der Waals surface area contributed by atoms with Crippen LogP contribution in [0.5, 0.6) is 5.75 Å². The number of nitro benzene ring substituents is 1. The summed E-state index contributed by atoms with van der Waals surface area (Å²) in [6.45, 7) is 2.73. The zero-order valence-electron chi connectivity index (χ0n) is 12.0. The van der Waals surface area contributed by atoms with Crippen LogP contribution in [0.4, 0.5) is 5.69 Å². The summed E-state index contributed by atoms with van der Waals surface area (Å²) >= 11 is 0. The van der Waals surface area contributed by atoms with Gasteiger partial charge in [0, 0.05) is 12.6 Å². The third-order valence-electron chi connectivity index (χ3n) is 4.06. The molecular weight excluding hydrogens is 276 g/mol. The molecule has 7 heteroatoms. The first-order valence-corrected chi connectivity index (χ1v) is 6.68. The van der Waals surface area contributed by atoms with E-state index in [0.717, 1.165) is 6.42 Å². The summed E-state index contributed by atoms with van der Waals surface area (Å²) in [4.78, 5) is 23.8. The van der Waals surface area contributed by atoms with Crippen molar-refractivity contribution in [2.24, 2.45) is 0 Å². The number of carboxylic acid groups (broad SMARTS) is 1. The molecule has 1 atom stereocenters. The molecule has 1 heterocycles. The maximum atomic E-state index is 11.4. The summed E-state index contributed by atoms with van der Waals surface area (Å²) in [6, 6.07) is 4.72. The average Bonchev–Trinajstić information content (AvgIpc) is 2.81. The van der Waals surface area contributed by atoms with Gasteiger partial charge in [0.15, 0.2) is 5.75 Å². The van der Waals surface area contributed by atoms with Gasteiger partial charge in [-0.25, -0.2) is 0 Å². The van der Waals surface area contributed by atoms with Crippen LogP contribution in [0, 0.1) is 10.1 Å². The van der Waals surface area contributed by atoms with E-state index in [2.05, 4.69) is 0 Å². The van der Waals surface area contributed by atoms with Crippen molar-refractivity contribution in [3.63, 3.8) is 0 Å². The summed E-state index contributed by atoms with van der Waals surface area (Å²) in [6.07, 6.45) is 1.39. The molecule has 1 aliphatic rings. The van der Waals surface area contributed by atoms with Crippen molar-refractivity contribution in [2.45, 2.75) is 31.8 Å². The van der Waals surface area contributed by atoms with E-state index in [1.807, 2.05) is 4.90 Å². The molecule has 1 aromatic rings. The lowest BCUT2D eigenvalue weighted by Gasteiger charge is -2.31. The Labute approximate surface area is 122 Å². The predicted octanol–water partition coefficient (Wildman–Crippen LogP) is 2.04. The van der Waals surface area contributed by atoms with E-state index < -0.39 is 16.4 Å². The van der Waals surface area contributed by atoms with Crippen molar-refractivity contribution in [1.82, 2.24) is 4.90 Å². The number of rotatable bonds is 5. The van der Waals surface area contributed by atoms with Gasteiger partial charge in [0.2, 0.25) is 0 Å². The molecule has 21 heavy (non-hydrogen) atoms. The van der Waals surface area contributed by atoms with Crippen LogP contribution in [0.1, 0.15) is 25.3 Å². The van der Waals surface area contributed by atoms with Crippen LogP contribution < -0.4 is 4.74 Å². The second-order valence-electron chi connectivity index (χ2n) is 5.37. The number of benzene rings is 1. The molecule has 1 aliphatic heterocycles. The first-order chi connectivity index (χ1) is 9.88. The highest BCUT2D eigenvalue weighted by atomic mass is 16.6. The van der Waals surface area contributed by atoms with Crippen molar-refractivity contribution in [3.05, 3.63) is 33.9 Å². The molecule has 0 amide bonds. The van der Waals surface area contributed by atoms with Crippen LogP contribution in [0.25, 0.3) is 0 Å². The van der Waals surface area contributed by atoms with E-state index in [1.54, 1.807) is 19.1 Å². The predicted molar refractivity (Wildman–Crippen MR) is 75.3 cm³/mol. The van der Waals surface area contributed by atoms with E-state index in [9.17, 15) is 20.0 Å². The zero-order valence-corrected chi connectivity index (χ0v) is 12.0. The number of hydrogen-bond acceptors (Lipinski definition) is 5. The Bertz CT molecular complexity index is 574. The van der Waals surface area contributed by atoms with Gasteiger partial charge in [-0.2, -0.15) is 0 Å². The monoisotopic (exact) mass is 294 g/mol. The van der Waals surface area contributed by atoms with Gasteiger partial charge in [-0.3, -0.25) is 19.8 Å². The van der Waals surface area contributed by atoms with Gasteiger partial charge >= 0.3 is 11.7 Å². The Kier molecular flexibility index (Phi) is 4.13. The van der Waals surface area contributed by atoms with Crippen LogP contribution >= 0.6 is 0 Å². The number of aliphatic carboxylic acids is 1. The molecular formula is C14H18N2O5. The van der Waals surface area contributed by atoms with E-state index >= 15 is 0 Å². The molecule has 1 N–H and O–H groups in total. The summed E-state index contributed by atoms with van der Waals surface area (Å²) in [5.74, 6) is -0.658. The molecule has 1 aromatic carbocycles. The molecule has 0 bridgehead atoms. The fourth-order valence-electron chi connectivity index (χ4n) is 2.71. The minimum absolute atomic E-state index is 0.105. The SMILES string of the molecule is COc1ccc(CN2CCCC2(C)C(=O)O)cc1[N+](=O)[O-]. The summed E-state index contributed by atoms with van der Waals surface area (Å²) in [5, 5.41) is 20.4. The Morgan fingerprint density at radius 2 is 2.29 bits per heavy atom. The van der Waals surface area contributed by atoms with Crippen molar-refractivity contribution in [2.75, 3.05) is 13.7 Å². The number of carboxylic acids is 1. The van der Waals surface area contributed by atoms with E-state index in [4.69, 9.17) is 4.74 Å². The lowest BCUT2D eigenvalue weighted by atomic mass is 9.99. The molecule has 0 aliphatic carbocycles. The van der Waals surface area contributed by atoms with E-state index in [0.29, 0.717) is 25.1 Å². The smallest absolute Gasteiger partial charge is 0.323 e. The van der Waals surface area contributed by atoms with Crippen LogP contribution in [-0.2, 0) is 11.3 Å².